The zero-order valence-electron chi connectivity index (χ0n) is 10.2. The molecule has 0 bridgehead atoms. The molecule has 2 aromatic carbocycles. The molecule has 0 heterocycles. The van der Waals surface area contributed by atoms with Gasteiger partial charge in [0.15, 0.2) is 0 Å². The standard InChI is InChI=1S/C15H14N2O2/c16-15(19)17-8-7-11-3-1-4-12(9-11)13-5-2-6-14(18)10-13/h1-10,18H,(H3,16,17,19)/b8-7+. The number of phenolic OH excluding ortho intramolecular Hbond substituents is 1. The van der Waals surface area contributed by atoms with Gasteiger partial charge in [0.05, 0.1) is 0 Å². The van der Waals surface area contributed by atoms with E-state index in [1.54, 1.807) is 24.3 Å². The molecule has 0 saturated heterocycles. The number of nitrogens with two attached hydrogens (primary N) is 1. The van der Waals surface area contributed by atoms with Gasteiger partial charge in [0, 0.05) is 6.20 Å². The molecule has 0 atom stereocenters. The number of hydrogen-bond donors (Lipinski definition) is 3. The van der Waals surface area contributed by atoms with Crippen LogP contribution in [0.1, 0.15) is 5.56 Å². The fraction of sp³-hybridized carbons (Fsp3) is 0. The molecule has 19 heavy (non-hydrogen) atoms. The third-order valence-electron chi connectivity index (χ3n) is 2.57. The van der Waals surface area contributed by atoms with Crippen LogP contribution in [0.2, 0.25) is 0 Å². The summed E-state index contributed by atoms with van der Waals surface area (Å²) in [5, 5.41) is 11.9. The van der Waals surface area contributed by atoms with Crippen LogP contribution in [0.15, 0.2) is 54.7 Å². The summed E-state index contributed by atoms with van der Waals surface area (Å²) in [5.74, 6) is 0.230. The lowest BCUT2D eigenvalue weighted by Crippen LogP contribution is -2.23. The smallest absolute Gasteiger partial charge is 0.316 e. The molecule has 0 unspecified atom stereocenters. The highest BCUT2D eigenvalue weighted by Crippen LogP contribution is 2.24. The number of phenols is 1. The predicted molar refractivity (Wildman–Crippen MR) is 75.3 cm³/mol. The van der Waals surface area contributed by atoms with E-state index < -0.39 is 6.03 Å². The highest BCUT2D eigenvalue weighted by Gasteiger charge is 1.99. The van der Waals surface area contributed by atoms with Gasteiger partial charge in [-0.05, 0) is 41.0 Å². The van der Waals surface area contributed by atoms with Crippen LogP contribution in [0.4, 0.5) is 4.79 Å². The molecule has 4 nitrogen and oxygen atoms in total. The van der Waals surface area contributed by atoms with Crippen molar-refractivity contribution in [2.45, 2.75) is 0 Å². The first kappa shape index (κ1) is 12.7. The van der Waals surface area contributed by atoms with E-state index in [0.717, 1.165) is 16.7 Å². The van der Waals surface area contributed by atoms with Crippen molar-refractivity contribution in [3.05, 3.63) is 60.3 Å². The topological polar surface area (TPSA) is 75.4 Å². The molecule has 0 aliphatic carbocycles. The second-order valence-electron chi connectivity index (χ2n) is 4.02. The second kappa shape index (κ2) is 5.73. The van der Waals surface area contributed by atoms with Gasteiger partial charge >= 0.3 is 6.03 Å². The van der Waals surface area contributed by atoms with Crippen molar-refractivity contribution < 1.29 is 9.90 Å². The zero-order chi connectivity index (χ0) is 13.7. The molecule has 2 amide bonds. The van der Waals surface area contributed by atoms with Crippen molar-refractivity contribution in [1.29, 1.82) is 0 Å². The number of amides is 2. The summed E-state index contributed by atoms with van der Waals surface area (Å²) in [6.07, 6.45) is 3.24. The maximum absolute atomic E-state index is 10.5. The Morgan fingerprint density at radius 1 is 1.11 bits per heavy atom. The van der Waals surface area contributed by atoms with E-state index in [-0.39, 0.29) is 5.75 Å². The number of rotatable bonds is 3. The van der Waals surface area contributed by atoms with Gasteiger partial charge in [0.25, 0.3) is 0 Å². The summed E-state index contributed by atoms with van der Waals surface area (Å²) < 4.78 is 0. The quantitative estimate of drug-likeness (QED) is 0.787. The largest absolute Gasteiger partial charge is 0.508 e. The molecule has 0 aromatic heterocycles. The van der Waals surface area contributed by atoms with Crippen LogP contribution in [0.3, 0.4) is 0 Å². The fourth-order valence-corrected chi connectivity index (χ4v) is 1.73. The number of carbonyl (C=O) groups is 1. The first-order valence-electron chi connectivity index (χ1n) is 5.77. The van der Waals surface area contributed by atoms with E-state index in [0.29, 0.717) is 0 Å². The van der Waals surface area contributed by atoms with Gasteiger partial charge in [0.1, 0.15) is 5.75 Å². The number of hydrogen-bond acceptors (Lipinski definition) is 2. The summed E-state index contributed by atoms with van der Waals surface area (Å²) in [4.78, 5) is 10.5. The molecule has 0 aliphatic rings. The van der Waals surface area contributed by atoms with E-state index in [1.807, 2.05) is 30.3 Å². The van der Waals surface area contributed by atoms with Crippen molar-refractivity contribution >= 4 is 12.1 Å². The highest BCUT2D eigenvalue weighted by atomic mass is 16.3. The minimum Gasteiger partial charge on any atom is -0.508 e. The number of aromatic hydroxyl groups is 1. The average molecular weight is 254 g/mol. The Morgan fingerprint density at radius 2 is 1.79 bits per heavy atom. The molecule has 2 aromatic rings. The Balaban J connectivity index is 2.24. The van der Waals surface area contributed by atoms with Gasteiger partial charge in [-0.15, -0.1) is 0 Å². The Morgan fingerprint density at radius 3 is 2.47 bits per heavy atom. The first-order chi connectivity index (χ1) is 9.15. The lowest BCUT2D eigenvalue weighted by molar-refractivity contribution is 0.252. The van der Waals surface area contributed by atoms with Gasteiger partial charge in [0.2, 0.25) is 0 Å². The van der Waals surface area contributed by atoms with Crippen molar-refractivity contribution in [3.63, 3.8) is 0 Å². The molecule has 0 spiro atoms. The summed E-state index contributed by atoms with van der Waals surface area (Å²) >= 11 is 0. The molecule has 96 valence electrons. The molecule has 0 fully saturated rings. The fourth-order valence-electron chi connectivity index (χ4n) is 1.73. The Labute approximate surface area is 111 Å². The summed E-state index contributed by atoms with van der Waals surface area (Å²) in [5.41, 5.74) is 7.80. The number of carbonyl (C=O) groups excluding carboxylic acids is 1. The van der Waals surface area contributed by atoms with E-state index in [1.165, 1.54) is 6.20 Å². The normalized spacial score (nSPS) is 10.5. The molecule has 0 saturated carbocycles. The van der Waals surface area contributed by atoms with Gasteiger partial charge in [-0.3, -0.25) is 0 Å². The van der Waals surface area contributed by atoms with E-state index in [9.17, 15) is 9.90 Å². The van der Waals surface area contributed by atoms with E-state index >= 15 is 0 Å². The van der Waals surface area contributed by atoms with E-state index in [4.69, 9.17) is 5.73 Å². The Hall–Kier alpha value is -2.75. The van der Waals surface area contributed by atoms with Crippen LogP contribution in [-0.2, 0) is 0 Å². The maximum atomic E-state index is 10.5. The van der Waals surface area contributed by atoms with Gasteiger partial charge in [-0.25, -0.2) is 4.79 Å². The van der Waals surface area contributed by atoms with Crippen LogP contribution in [-0.4, -0.2) is 11.1 Å². The van der Waals surface area contributed by atoms with Gasteiger partial charge in [-0.2, -0.15) is 0 Å². The van der Waals surface area contributed by atoms with Crippen LogP contribution in [0, 0.1) is 0 Å². The monoisotopic (exact) mass is 254 g/mol. The van der Waals surface area contributed by atoms with Crippen LogP contribution in [0.5, 0.6) is 5.75 Å². The number of benzene rings is 2. The SMILES string of the molecule is NC(=O)N/C=C/c1cccc(-c2cccc(O)c2)c1. The zero-order valence-corrected chi connectivity index (χ0v) is 10.2. The number of nitrogens with one attached hydrogen (secondary N) is 1. The molecule has 2 rings (SSSR count). The van der Waals surface area contributed by atoms with Gasteiger partial charge in [-0.1, -0.05) is 30.3 Å². The molecule has 0 aliphatic heterocycles. The number of urea groups is 1. The molecular formula is C15H14N2O2. The Kier molecular flexibility index (Phi) is 3.83. The summed E-state index contributed by atoms with van der Waals surface area (Å²) in [7, 11) is 0. The molecule has 4 heteroatoms. The minimum absolute atomic E-state index is 0.230. The Bertz CT molecular complexity index is 621. The predicted octanol–water partition coefficient (Wildman–Crippen LogP) is 2.70. The molecule has 4 N–H and O–H groups in total. The van der Waals surface area contributed by atoms with Gasteiger partial charge < -0.3 is 16.2 Å². The van der Waals surface area contributed by atoms with Crippen LogP contribution < -0.4 is 11.1 Å². The first-order valence-corrected chi connectivity index (χ1v) is 5.77. The summed E-state index contributed by atoms with van der Waals surface area (Å²) in [6.45, 7) is 0. The molecular weight excluding hydrogens is 240 g/mol. The van der Waals surface area contributed by atoms with Crippen LogP contribution in [0.25, 0.3) is 17.2 Å². The lowest BCUT2D eigenvalue weighted by atomic mass is 10.0. The highest BCUT2D eigenvalue weighted by molar-refractivity contribution is 5.74. The van der Waals surface area contributed by atoms with Crippen molar-refractivity contribution in [3.8, 4) is 16.9 Å². The lowest BCUT2D eigenvalue weighted by Gasteiger charge is -2.03. The third kappa shape index (κ3) is 3.61. The number of primary amides is 1. The average Bonchev–Trinajstić information content (AvgIpc) is 2.39. The minimum atomic E-state index is -0.597. The van der Waals surface area contributed by atoms with E-state index in [2.05, 4.69) is 5.32 Å². The second-order valence-corrected chi connectivity index (χ2v) is 4.02. The van der Waals surface area contributed by atoms with Crippen LogP contribution >= 0.6 is 0 Å². The molecule has 0 radical (unpaired) electrons. The van der Waals surface area contributed by atoms with Crippen molar-refractivity contribution in [1.82, 2.24) is 5.32 Å². The van der Waals surface area contributed by atoms with Crippen molar-refractivity contribution in [2.24, 2.45) is 5.73 Å². The summed E-state index contributed by atoms with van der Waals surface area (Å²) in [6, 6.07) is 14.2. The van der Waals surface area contributed by atoms with Crippen molar-refractivity contribution in [2.75, 3.05) is 0 Å². The maximum Gasteiger partial charge on any atom is 0.316 e. The third-order valence-corrected chi connectivity index (χ3v) is 2.57.